The van der Waals surface area contributed by atoms with Crippen LogP contribution in [0.25, 0.3) is 0 Å². The van der Waals surface area contributed by atoms with Crippen LogP contribution in [0.5, 0.6) is 5.75 Å². The summed E-state index contributed by atoms with van der Waals surface area (Å²) in [7, 11) is 0. The molecule has 4 heteroatoms. The Morgan fingerprint density at radius 1 is 1.32 bits per heavy atom. The van der Waals surface area contributed by atoms with Crippen LogP contribution in [0.2, 0.25) is 0 Å². The average molecular weight is 256 g/mol. The topological polar surface area (TPSA) is 44.1 Å². The zero-order valence-electron chi connectivity index (χ0n) is 10.7. The van der Waals surface area contributed by atoms with Gasteiger partial charge in [-0.2, -0.15) is 5.10 Å². The van der Waals surface area contributed by atoms with Gasteiger partial charge in [0.25, 0.3) is 0 Å². The first-order valence-corrected chi connectivity index (χ1v) is 6.59. The van der Waals surface area contributed by atoms with Crippen LogP contribution in [0.4, 0.5) is 0 Å². The highest BCUT2D eigenvalue weighted by atomic mass is 16.5. The molecule has 2 aromatic rings. The SMILES string of the molecule is O=C1CCCc2cc(OCCn3cccn3)ccc21. The second-order valence-corrected chi connectivity index (χ2v) is 4.71. The van der Waals surface area contributed by atoms with Crippen molar-refractivity contribution in [3.63, 3.8) is 0 Å². The van der Waals surface area contributed by atoms with Gasteiger partial charge in [-0.3, -0.25) is 9.48 Å². The lowest BCUT2D eigenvalue weighted by molar-refractivity contribution is 0.0972. The Labute approximate surface area is 112 Å². The van der Waals surface area contributed by atoms with Gasteiger partial charge in [0.15, 0.2) is 5.78 Å². The van der Waals surface area contributed by atoms with Gasteiger partial charge in [-0.15, -0.1) is 0 Å². The van der Waals surface area contributed by atoms with E-state index in [0.717, 1.165) is 36.3 Å². The number of Topliss-reactive ketones (excluding diaryl/α,β-unsaturated/α-hetero) is 1. The van der Waals surface area contributed by atoms with Gasteiger partial charge in [-0.25, -0.2) is 0 Å². The van der Waals surface area contributed by atoms with E-state index in [0.29, 0.717) is 13.0 Å². The summed E-state index contributed by atoms with van der Waals surface area (Å²) in [5, 5.41) is 4.12. The van der Waals surface area contributed by atoms with Crippen LogP contribution in [0.15, 0.2) is 36.7 Å². The van der Waals surface area contributed by atoms with Gasteiger partial charge in [0.1, 0.15) is 12.4 Å². The molecule has 0 atom stereocenters. The summed E-state index contributed by atoms with van der Waals surface area (Å²) in [6, 6.07) is 7.66. The van der Waals surface area contributed by atoms with Crippen molar-refractivity contribution in [2.45, 2.75) is 25.8 Å². The fourth-order valence-electron chi connectivity index (χ4n) is 2.40. The van der Waals surface area contributed by atoms with Crippen LogP contribution in [-0.2, 0) is 13.0 Å². The summed E-state index contributed by atoms with van der Waals surface area (Å²) in [6.45, 7) is 1.30. The quantitative estimate of drug-likeness (QED) is 0.844. The van der Waals surface area contributed by atoms with Gasteiger partial charge in [0.2, 0.25) is 0 Å². The van der Waals surface area contributed by atoms with E-state index < -0.39 is 0 Å². The molecule has 1 aromatic carbocycles. The molecule has 4 nitrogen and oxygen atoms in total. The van der Waals surface area contributed by atoms with E-state index in [1.54, 1.807) is 6.20 Å². The number of ether oxygens (including phenoxy) is 1. The molecular formula is C15H16N2O2. The second-order valence-electron chi connectivity index (χ2n) is 4.71. The molecule has 0 spiro atoms. The van der Waals surface area contributed by atoms with Crippen molar-refractivity contribution in [2.24, 2.45) is 0 Å². The van der Waals surface area contributed by atoms with Gasteiger partial charge >= 0.3 is 0 Å². The molecule has 19 heavy (non-hydrogen) atoms. The smallest absolute Gasteiger partial charge is 0.163 e. The lowest BCUT2D eigenvalue weighted by Crippen LogP contribution is -2.12. The molecule has 0 unspecified atom stereocenters. The molecule has 0 saturated heterocycles. The van der Waals surface area contributed by atoms with Crippen LogP contribution in [0.3, 0.4) is 0 Å². The van der Waals surface area contributed by atoms with E-state index in [1.165, 1.54) is 0 Å². The van der Waals surface area contributed by atoms with E-state index in [-0.39, 0.29) is 5.78 Å². The third-order valence-electron chi connectivity index (χ3n) is 3.38. The van der Waals surface area contributed by atoms with Crippen LogP contribution < -0.4 is 4.74 Å². The third kappa shape index (κ3) is 2.67. The van der Waals surface area contributed by atoms with Gasteiger partial charge < -0.3 is 4.74 Å². The number of fused-ring (bicyclic) bond motifs is 1. The zero-order valence-corrected chi connectivity index (χ0v) is 10.7. The Hall–Kier alpha value is -2.10. The predicted molar refractivity (Wildman–Crippen MR) is 71.4 cm³/mol. The summed E-state index contributed by atoms with van der Waals surface area (Å²) in [4.78, 5) is 11.7. The minimum absolute atomic E-state index is 0.254. The molecule has 3 rings (SSSR count). The molecule has 1 heterocycles. The summed E-state index contributed by atoms with van der Waals surface area (Å²) in [6.07, 6.45) is 6.26. The third-order valence-corrected chi connectivity index (χ3v) is 3.38. The van der Waals surface area contributed by atoms with E-state index in [1.807, 2.05) is 35.1 Å². The Morgan fingerprint density at radius 3 is 3.11 bits per heavy atom. The summed E-state index contributed by atoms with van der Waals surface area (Å²) >= 11 is 0. The fraction of sp³-hybridized carbons (Fsp3) is 0.333. The van der Waals surface area contributed by atoms with Crippen LogP contribution in [0.1, 0.15) is 28.8 Å². The number of ketones is 1. The number of aryl methyl sites for hydroxylation is 1. The molecule has 98 valence electrons. The van der Waals surface area contributed by atoms with Crippen molar-refractivity contribution in [1.82, 2.24) is 9.78 Å². The van der Waals surface area contributed by atoms with E-state index in [9.17, 15) is 4.79 Å². The molecular weight excluding hydrogens is 240 g/mol. The number of rotatable bonds is 4. The summed E-state index contributed by atoms with van der Waals surface area (Å²) in [5.41, 5.74) is 1.98. The van der Waals surface area contributed by atoms with Crippen molar-refractivity contribution in [3.8, 4) is 5.75 Å². The number of hydrogen-bond acceptors (Lipinski definition) is 3. The van der Waals surface area contributed by atoms with Crippen molar-refractivity contribution < 1.29 is 9.53 Å². The Balaban J connectivity index is 1.64. The maximum absolute atomic E-state index is 11.7. The average Bonchev–Trinajstić information content (AvgIpc) is 2.92. The van der Waals surface area contributed by atoms with Crippen molar-refractivity contribution in [3.05, 3.63) is 47.8 Å². The lowest BCUT2D eigenvalue weighted by atomic mass is 9.91. The van der Waals surface area contributed by atoms with E-state index in [2.05, 4.69) is 5.10 Å². The highest BCUT2D eigenvalue weighted by molar-refractivity contribution is 5.98. The number of carbonyl (C=O) groups excluding carboxylic acids is 1. The maximum Gasteiger partial charge on any atom is 0.163 e. The Bertz CT molecular complexity index is 576. The van der Waals surface area contributed by atoms with Crippen LogP contribution >= 0.6 is 0 Å². The number of nitrogens with zero attached hydrogens (tertiary/aromatic N) is 2. The molecule has 0 amide bonds. The first-order chi connectivity index (χ1) is 9.33. The summed E-state index contributed by atoms with van der Waals surface area (Å²) < 4.78 is 7.54. The minimum atomic E-state index is 0.254. The fourth-order valence-corrected chi connectivity index (χ4v) is 2.40. The lowest BCUT2D eigenvalue weighted by Gasteiger charge is -2.16. The molecule has 0 radical (unpaired) electrons. The zero-order chi connectivity index (χ0) is 13.1. The minimum Gasteiger partial charge on any atom is -0.492 e. The molecule has 0 saturated carbocycles. The van der Waals surface area contributed by atoms with E-state index in [4.69, 9.17) is 4.74 Å². The van der Waals surface area contributed by atoms with Crippen molar-refractivity contribution in [2.75, 3.05) is 6.61 Å². The monoisotopic (exact) mass is 256 g/mol. The van der Waals surface area contributed by atoms with Gasteiger partial charge in [0.05, 0.1) is 6.54 Å². The van der Waals surface area contributed by atoms with Crippen molar-refractivity contribution in [1.29, 1.82) is 0 Å². The van der Waals surface area contributed by atoms with Gasteiger partial charge in [-0.1, -0.05) is 0 Å². The molecule has 0 bridgehead atoms. The Morgan fingerprint density at radius 2 is 2.26 bits per heavy atom. The summed E-state index contributed by atoms with van der Waals surface area (Å²) in [5.74, 6) is 1.09. The largest absolute Gasteiger partial charge is 0.492 e. The number of hydrogen-bond donors (Lipinski definition) is 0. The van der Waals surface area contributed by atoms with E-state index >= 15 is 0 Å². The predicted octanol–water partition coefficient (Wildman–Crippen LogP) is 2.48. The molecule has 1 aliphatic rings. The molecule has 0 N–H and O–H groups in total. The number of carbonyl (C=O) groups is 1. The molecule has 0 fully saturated rings. The highest BCUT2D eigenvalue weighted by Gasteiger charge is 2.17. The first-order valence-electron chi connectivity index (χ1n) is 6.59. The van der Waals surface area contributed by atoms with Gasteiger partial charge in [-0.05, 0) is 42.7 Å². The maximum atomic E-state index is 11.7. The first kappa shape index (κ1) is 12.0. The number of aromatic nitrogens is 2. The van der Waals surface area contributed by atoms with Crippen LogP contribution in [0, 0.1) is 0 Å². The van der Waals surface area contributed by atoms with Crippen LogP contribution in [-0.4, -0.2) is 22.2 Å². The van der Waals surface area contributed by atoms with Gasteiger partial charge in [0, 0.05) is 24.4 Å². The van der Waals surface area contributed by atoms with Crippen molar-refractivity contribution >= 4 is 5.78 Å². The normalized spacial score (nSPS) is 14.2. The standard InChI is InChI=1S/C15H16N2O2/c18-15-4-1-3-12-11-13(5-6-14(12)15)19-10-9-17-8-2-7-16-17/h2,5-8,11H,1,3-4,9-10H2. The number of benzene rings is 1. The Kier molecular flexibility index (Phi) is 3.31. The second kappa shape index (κ2) is 5.26. The molecule has 1 aliphatic carbocycles. The highest BCUT2D eigenvalue weighted by Crippen LogP contribution is 2.25. The molecule has 1 aromatic heterocycles. The molecule has 0 aliphatic heterocycles.